The van der Waals surface area contributed by atoms with Crippen molar-refractivity contribution in [3.8, 4) is 0 Å². The second-order valence-corrected chi connectivity index (χ2v) is 7.27. The Bertz CT molecular complexity index is 915. The molecule has 0 bridgehead atoms. The van der Waals surface area contributed by atoms with Gasteiger partial charge in [-0.3, -0.25) is 4.57 Å². The van der Waals surface area contributed by atoms with Crippen LogP contribution in [0.5, 0.6) is 0 Å². The third kappa shape index (κ3) is 2.60. The molecule has 1 fully saturated rings. The maximum absolute atomic E-state index is 4.63. The van der Waals surface area contributed by atoms with Crippen molar-refractivity contribution in [3.63, 3.8) is 0 Å². The minimum Gasteiger partial charge on any atom is -0.336 e. The fourth-order valence-electron chi connectivity index (χ4n) is 4.20. The summed E-state index contributed by atoms with van der Waals surface area (Å²) < 4.78 is 2.22. The molecule has 1 aromatic heterocycles. The van der Waals surface area contributed by atoms with Crippen LogP contribution in [-0.4, -0.2) is 21.3 Å². The molecular weight excluding hydrogens is 344 g/mol. The maximum atomic E-state index is 4.63. The Morgan fingerprint density at radius 1 is 0.885 bits per heavy atom. The van der Waals surface area contributed by atoms with Crippen LogP contribution in [0.1, 0.15) is 35.4 Å². The molecule has 134 valence electrons. The number of halogens is 1. The van der Waals surface area contributed by atoms with Gasteiger partial charge in [0.15, 0.2) is 0 Å². The van der Waals surface area contributed by atoms with Gasteiger partial charge in [0, 0.05) is 20.1 Å². The molecule has 2 heterocycles. The van der Waals surface area contributed by atoms with Crippen molar-refractivity contribution in [2.24, 2.45) is 7.05 Å². The molecule has 5 rings (SSSR count). The number of nitrogens with zero attached hydrogens (tertiary/aromatic N) is 4. The average molecular weight is 367 g/mol. The van der Waals surface area contributed by atoms with Crippen LogP contribution in [0.15, 0.2) is 54.6 Å². The van der Waals surface area contributed by atoms with Crippen molar-refractivity contribution in [2.45, 2.75) is 31.2 Å². The van der Waals surface area contributed by atoms with E-state index in [1.54, 1.807) is 0 Å². The fourth-order valence-corrected chi connectivity index (χ4v) is 4.20. The van der Waals surface area contributed by atoms with Crippen LogP contribution in [0.4, 0.5) is 5.95 Å². The van der Waals surface area contributed by atoms with E-state index in [1.165, 1.54) is 16.7 Å². The summed E-state index contributed by atoms with van der Waals surface area (Å²) in [5.41, 5.74) is 4.29. The number of rotatable bonds is 3. The van der Waals surface area contributed by atoms with Crippen LogP contribution in [0.25, 0.3) is 0 Å². The standard InChI is InChI=1S/C21H22N4.ClH/c1-24-19(21(12-13-21)18-9-3-2-4-10-18)22-23-20(24)25-14-11-16-7-5-6-8-17(16)15-25;/h2-10H,11-15H2,1H3;1H. The number of benzene rings is 2. The Balaban J connectivity index is 0.00000168. The van der Waals surface area contributed by atoms with Gasteiger partial charge in [-0.1, -0.05) is 54.6 Å². The Morgan fingerprint density at radius 3 is 2.31 bits per heavy atom. The monoisotopic (exact) mass is 366 g/mol. The summed E-state index contributed by atoms with van der Waals surface area (Å²) in [6, 6.07) is 19.5. The van der Waals surface area contributed by atoms with Gasteiger partial charge < -0.3 is 4.90 Å². The summed E-state index contributed by atoms with van der Waals surface area (Å²) >= 11 is 0. The molecule has 1 saturated carbocycles. The van der Waals surface area contributed by atoms with Crippen LogP contribution in [0.3, 0.4) is 0 Å². The normalized spacial score (nSPS) is 17.3. The lowest BCUT2D eigenvalue weighted by Crippen LogP contribution is -2.32. The maximum Gasteiger partial charge on any atom is 0.227 e. The molecule has 2 aromatic carbocycles. The molecule has 5 heteroatoms. The molecule has 0 saturated heterocycles. The first-order chi connectivity index (χ1) is 12.3. The third-order valence-corrected chi connectivity index (χ3v) is 5.77. The Hall–Kier alpha value is -2.33. The second-order valence-electron chi connectivity index (χ2n) is 7.27. The lowest BCUT2D eigenvalue weighted by Gasteiger charge is -2.29. The number of anilines is 1. The molecule has 0 N–H and O–H groups in total. The smallest absolute Gasteiger partial charge is 0.227 e. The zero-order valence-corrected chi connectivity index (χ0v) is 15.7. The number of aromatic nitrogens is 3. The van der Waals surface area contributed by atoms with Gasteiger partial charge in [-0.05, 0) is 36.0 Å². The average Bonchev–Trinajstić information content (AvgIpc) is 3.38. The highest BCUT2D eigenvalue weighted by molar-refractivity contribution is 5.85. The number of fused-ring (bicyclic) bond motifs is 1. The molecule has 1 aliphatic carbocycles. The van der Waals surface area contributed by atoms with Crippen molar-refractivity contribution in [1.82, 2.24) is 14.8 Å². The van der Waals surface area contributed by atoms with Crippen molar-refractivity contribution in [2.75, 3.05) is 11.4 Å². The number of hydrogen-bond acceptors (Lipinski definition) is 3. The third-order valence-electron chi connectivity index (χ3n) is 5.77. The van der Waals surface area contributed by atoms with Gasteiger partial charge in [-0.2, -0.15) is 0 Å². The molecule has 1 aliphatic heterocycles. The van der Waals surface area contributed by atoms with Crippen LogP contribution in [-0.2, 0) is 25.4 Å². The summed E-state index contributed by atoms with van der Waals surface area (Å²) in [6.45, 7) is 1.92. The summed E-state index contributed by atoms with van der Waals surface area (Å²) in [5, 5.41) is 9.21. The van der Waals surface area contributed by atoms with E-state index in [0.29, 0.717) is 0 Å². The quantitative estimate of drug-likeness (QED) is 0.705. The highest BCUT2D eigenvalue weighted by Crippen LogP contribution is 2.53. The largest absolute Gasteiger partial charge is 0.336 e. The zero-order chi connectivity index (χ0) is 16.9. The Morgan fingerprint density at radius 2 is 1.58 bits per heavy atom. The predicted octanol–water partition coefficient (Wildman–Crippen LogP) is 3.88. The van der Waals surface area contributed by atoms with Crippen LogP contribution in [0, 0.1) is 0 Å². The molecule has 4 nitrogen and oxygen atoms in total. The minimum atomic E-state index is 0. The van der Waals surface area contributed by atoms with Crippen molar-refractivity contribution < 1.29 is 0 Å². The minimum absolute atomic E-state index is 0. The molecule has 2 aliphatic rings. The van der Waals surface area contributed by atoms with E-state index in [1.807, 2.05) is 0 Å². The first-order valence-corrected chi connectivity index (χ1v) is 9.05. The van der Waals surface area contributed by atoms with Gasteiger partial charge >= 0.3 is 0 Å². The van der Waals surface area contributed by atoms with Crippen LogP contribution >= 0.6 is 12.4 Å². The zero-order valence-electron chi connectivity index (χ0n) is 14.9. The van der Waals surface area contributed by atoms with E-state index >= 15 is 0 Å². The molecule has 26 heavy (non-hydrogen) atoms. The first-order valence-electron chi connectivity index (χ1n) is 9.05. The van der Waals surface area contributed by atoms with Crippen molar-refractivity contribution in [1.29, 1.82) is 0 Å². The summed E-state index contributed by atoms with van der Waals surface area (Å²) in [5.74, 6) is 2.10. The molecule has 0 radical (unpaired) electrons. The van der Waals surface area contributed by atoms with Crippen molar-refractivity contribution in [3.05, 3.63) is 77.1 Å². The Kier molecular flexibility index (Phi) is 4.23. The van der Waals surface area contributed by atoms with E-state index in [9.17, 15) is 0 Å². The van der Waals surface area contributed by atoms with E-state index < -0.39 is 0 Å². The highest BCUT2D eigenvalue weighted by atomic mass is 35.5. The molecule has 0 amide bonds. The lowest BCUT2D eigenvalue weighted by atomic mass is 9.95. The van der Waals surface area contributed by atoms with Gasteiger partial charge in [0.1, 0.15) is 5.82 Å². The van der Waals surface area contributed by atoms with Crippen LogP contribution in [0.2, 0.25) is 0 Å². The van der Waals surface area contributed by atoms with Gasteiger partial charge in [-0.25, -0.2) is 0 Å². The van der Waals surface area contributed by atoms with Gasteiger partial charge in [-0.15, -0.1) is 22.6 Å². The SMILES string of the molecule is Cl.Cn1c(N2CCc3ccccc3C2)nnc1C1(c2ccccc2)CC1. The van der Waals surface area contributed by atoms with Gasteiger partial charge in [0.05, 0.1) is 5.41 Å². The van der Waals surface area contributed by atoms with Crippen molar-refractivity contribution >= 4 is 18.4 Å². The summed E-state index contributed by atoms with van der Waals surface area (Å²) in [7, 11) is 2.12. The molecule has 3 aromatic rings. The predicted molar refractivity (Wildman–Crippen MR) is 106 cm³/mol. The molecule has 0 unspecified atom stereocenters. The Labute approximate surface area is 160 Å². The molecular formula is C21H23ClN4. The fraction of sp³-hybridized carbons (Fsp3) is 0.333. The summed E-state index contributed by atoms with van der Waals surface area (Å²) in [6.07, 6.45) is 3.39. The van der Waals surface area contributed by atoms with E-state index in [0.717, 1.165) is 44.1 Å². The summed E-state index contributed by atoms with van der Waals surface area (Å²) in [4.78, 5) is 2.36. The lowest BCUT2D eigenvalue weighted by molar-refractivity contribution is 0.658. The number of hydrogen-bond donors (Lipinski definition) is 0. The van der Waals surface area contributed by atoms with Crippen LogP contribution < -0.4 is 4.90 Å². The second kappa shape index (κ2) is 6.44. The van der Waals surface area contributed by atoms with E-state index in [4.69, 9.17) is 0 Å². The molecule has 0 atom stereocenters. The topological polar surface area (TPSA) is 34.0 Å². The highest BCUT2D eigenvalue weighted by Gasteiger charge is 2.50. The van der Waals surface area contributed by atoms with E-state index in [2.05, 4.69) is 81.3 Å². The van der Waals surface area contributed by atoms with Gasteiger partial charge in [0.25, 0.3) is 0 Å². The van der Waals surface area contributed by atoms with Gasteiger partial charge in [0.2, 0.25) is 5.95 Å². The first kappa shape index (κ1) is 17.1. The van der Waals surface area contributed by atoms with E-state index in [-0.39, 0.29) is 17.8 Å². The molecule has 0 spiro atoms.